The maximum absolute atomic E-state index is 11.2. The highest BCUT2D eigenvalue weighted by molar-refractivity contribution is 7.90. The number of carboxylic acid groups (broad SMARTS) is 1. The molecular formula is C9H12N2O5S. The molecule has 7 nitrogen and oxygen atoms in total. The Labute approximate surface area is 98.6 Å². The summed E-state index contributed by atoms with van der Waals surface area (Å²) >= 11 is 0. The molecular weight excluding hydrogens is 248 g/mol. The van der Waals surface area contributed by atoms with Crippen molar-refractivity contribution in [1.29, 1.82) is 0 Å². The molecule has 0 bridgehead atoms. The number of benzene rings is 1. The van der Waals surface area contributed by atoms with E-state index < -0.39 is 16.2 Å². The summed E-state index contributed by atoms with van der Waals surface area (Å²) < 4.78 is 31.5. The monoisotopic (exact) mass is 260 g/mol. The number of hydrogen-bond donors (Lipinski definition) is 3. The predicted octanol–water partition coefficient (Wildman–Crippen LogP) is 0.269. The maximum atomic E-state index is 11.2. The van der Waals surface area contributed by atoms with Crippen LogP contribution in [0.4, 0.5) is 5.69 Å². The Kier molecular flexibility index (Phi) is 3.92. The van der Waals surface area contributed by atoms with Crippen molar-refractivity contribution in [3.8, 4) is 5.75 Å². The molecule has 1 aromatic rings. The number of ether oxygens (including phenoxy) is 1. The highest BCUT2D eigenvalue weighted by Gasteiger charge is 2.13. The van der Waals surface area contributed by atoms with E-state index in [0.717, 1.165) is 0 Å². The Bertz CT molecular complexity index is 526. The van der Waals surface area contributed by atoms with Crippen LogP contribution in [0.3, 0.4) is 0 Å². The van der Waals surface area contributed by atoms with Crippen molar-refractivity contribution >= 4 is 21.9 Å². The van der Waals surface area contributed by atoms with Gasteiger partial charge in [0.1, 0.15) is 11.3 Å². The van der Waals surface area contributed by atoms with E-state index in [9.17, 15) is 13.2 Å². The molecule has 0 aliphatic rings. The van der Waals surface area contributed by atoms with E-state index in [-0.39, 0.29) is 17.0 Å². The van der Waals surface area contributed by atoms with Crippen LogP contribution in [-0.4, -0.2) is 33.7 Å². The number of methoxy groups -OCH3 is 1. The fourth-order valence-corrected chi connectivity index (χ4v) is 1.68. The van der Waals surface area contributed by atoms with Gasteiger partial charge in [0.05, 0.1) is 12.8 Å². The first kappa shape index (κ1) is 13.3. The van der Waals surface area contributed by atoms with Crippen molar-refractivity contribution in [3.05, 3.63) is 23.8 Å². The second kappa shape index (κ2) is 5.02. The van der Waals surface area contributed by atoms with Crippen LogP contribution < -0.4 is 14.2 Å². The minimum atomic E-state index is -3.63. The maximum Gasteiger partial charge on any atom is 0.339 e. The molecule has 0 saturated carbocycles. The third-order valence-corrected chi connectivity index (χ3v) is 2.99. The van der Waals surface area contributed by atoms with Gasteiger partial charge in [-0.1, -0.05) is 0 Å². The topological polar surface area (TPSA) is 105 Å². The van der Waals surface area contributed by atoms with Crippen LogP contribution in [0.25, 0.3) is 0 Å². The molecule has 17 heavy (non-hydrogen) atoms. The standard InChI is InChI=1S/C9H12N2O5S/c1-10-17(14,15)11-6-3-4-7(9(12)13)8(5-6)16-2/h3-5,10-11H,1-2H3,(H,12,13). The van der Waals surface area contributed by atoms with Crippen LogP contribution >= 0.6 is 0 Å². The van der Waals surface area contributed by atoms with Crippen molar-refractivity contribution in [2.45, 2.75) is 0 Å². The average molecular weight is 260 g/mol. The summed E-state index contributed by atoms with van der Waals surface area (Å²) in [5.41, 5.74) is 0.168. The van der Waals surface area contributed by atoms with Gasteiger partial charge in [-0.3, -0.25) is 4.72 Å². The third kappa shape index (κ3) is 3.33. The van der Waals surface area contributed by atoms with Crippen LogP contribution in [0, 0.1) is 0 Å². The molecule has 3 N–H and O–H groups in total. The van der Waals surface area contributed by atoms with E-state index >= 15 is 0 Å². The van der Waals surface area contributed by atoms with Crippen LogP contribution in [-0.2, 0) is 10.2 Å². The zero-order chi connectivity index (χ0) is 13.1. The highest BCUT2D eigenvalue weighted by Crippen LogP contribution is 2.23. The Hall–Kier alpha value is -1.80. The zero-order valence-electron chi connectivity index (χ0n) is 9.22. The Morgan fingerprint density at radius 1 is 1.41 bits per heavy atom. The Morgan fingerprint density at radius 2 is 2.06 bits per heavy atom. The molecule has 0 unspecified atom stereocenters. The summed E-state index contributed by atoms with van der Waals surface area (Å²) in [5.74, 6) is -1.07. The molecule has 0 aromatic heterocycles. The van der Waals surface area contributed by atoms with Gasteiger partial charge in [0.25, 0.3) is 10.2 Å². The lowest BCUT2D eigenvalue weighted by atomic mass is 10.2. The Morgan fingerprint density at radius 3 is 2.53 bits per heavy atom. The molecule has 0 amide bonds. The fraction of sp³-hybridized carbons (Fsp3) is 0.222. The van der Waals surface area contributed by atoms with Gasteiger partial charge in [-0.15, -0.1) is 0 Å². The van der Waals surface area contributed by atoms with Gasteiger partial charge < -0.3 is 9.84 Å². The van der Waals surface area contributed by atoms with Gasteiger partial charge in [0.15, 0.2) is 0 Å². The first-order valence-corrected chi connectivity index (χ1v) is 6.00. The van der Waals surface area contributed by atoms with E-state index in [1.54, 1.807) is 0 Å². The lowest BCUT2D eigenvalue weighted by Crippen LogP contribution is -2.26. The van der Waals surface area contributed by atoms with Gasteiger partial charge in [0, 0.05) is 13.1 Å². The molecule has 0 radical (unpaired) electrons. The molecule has 0 spiro atoms. The zero-order valence-corrected chi connectivity index (χ0v) is 10.0. The van der Waals surface area contributed by atoms with Crippen molar-refractivity contribution in [2.75, 3.05) is 18.9 Å². The van der Waals surface area contributed by atoms with E-state index in [1.807, 2.05) is 0 Å². The molecule has 0 atom stereocenters. The average Bonchev–Trinajstić information content (AvgIpc) is 2.28. The van der Waals surface area contributed by atoms with Crippen LogP contribution in [0.1, 0.15) is 10.4 Å². The number of hydrogen-bond acceptors (Lipinski definition) is 4. The summed E-state index contributed by atoms with van der Waals surface area (Å²) in [7, 11) is -1.07. The smallest absolute Gasteiger partial charge is 0.339 e. The van der Waals surface area contributed by atoms with Crippen molar-refractivity contribution in [3.63, 3.8) is 0 Å². The quantitative estimate of drug-likeness (QED) is 0.704. The summed E-state index contributed by atoms with van der Waals surface area (Å²) in [4.78, 5) is 10.8. The summed E-state index contributed by atoms with van der Waals surface area (Å²) in [6.45, 7) is 0. The number of rotatable bonds is 5. The van der Waals surface area contributed by atoms with Gasteiger partial charge in [-0.05, 0) is 12.1 Å². The molecule has 0 aliphatic carbocycles. The van der Waals surface area contributed by atoms with Gasteiger partial charge >= 0.3 is 5.97 Å². The molecule has 0 heterocycles. The minimum Gasteiger partial charge on any atom is -0.496 e. The second-order valence-electron chi connectivity index (χ2n) is 3.03. The predicted molar refractivity (Wildman–Crippen MR) is 61.6 cm³/mol. The number of anilines is 1. The molecule has 94 valence electrons. The number of carbonyl (C=O) groups is 1. The van der Waals surface area contributed by atoms with Gasteiger partial charge in [-0.25, -0.2) is 9.52 Å². The van der Waals surface area contributed by atoms with Gasteiger partial charge in [0.2, 0.25) is 0 Å². The molecule has 1 rings (SSSR count). The van der Waals surface area contributed by atoms with Crippen molar-refractivity contribution < 1.29 is 23.1 Å². The number of nitrogens with one attached hydrogen (secondary N) is 2. The fourth-order valence-electron chi connectivity index (χ4n) is 1.14. The largest absolute Gasteiger partial charge is 0.496 e. The minimum absolute atomic E-state index is 0.0418. The molecule has 1 aromatic carbocycles. The van der Waals surface area contributed by atoms with Crippen LogP contribution in [0.5, 0.6) is 5.75 Å². The lowest BCUT2D eigenvalue weighted by molar-refractivity contribution is 0.0693. The van der Waals surface area contributed by atoms with E-state index in [4.69, 9.17) is 9.84 Å². The summed E-state index contributed by atoms with van der Waals surface area (Å²) in [5, 5.41) is 8.84. The first-order valence-electron chi connectivity index (χ1n) is 4.52. The molecule has 0 aliphatic heterocycles. The third-order valence-electron chi connectivity index (χ3n) is 1.95. The molecule has 0 saturated heterocycles. The highest BCUT2D eigenvalue weighted by atomic mass is 32.2. The second-order valence-corrected chi connectivity index (χ2v) is 4.65. The van der Waals surface area contributed by atoms with E-state index in [0.29, 0.717) is 0 Å². The summed E-state index contributed by atoms with van der Waals surface area (Å²) in [6, 6.07) is 3.88. The van der Waals surface area contributed by atoms with E-state index in [2.05, 4.69) is 9.44 Å². The van der Waals surface area contributed by atoms with Crippen LogP contribution in [0.2, 0.25) is 0 Å². The van der Waals surface area contributed by atoms with E-state index in [1.165, 1.54) is 32.4 Å². The Balaban J connectivity index is 3.10. The summed E-state index contributed by atoms with van der Waals surface area (Å²) in [6.07, 6.45) is 0. The van der Waals surface area contributed by atoms with Crippen molar-refractivity contribution in [1.82, 2.24) is 4.72 Å². The lowest BCUT2D eigenvalue weighted by Gasteiger charge is -2.09. The normalized spacial score (nSPS) is 10.9. The number of aromatic carboxylic acids is 1. The first-order chi connectivity index (χ1) is 7.89. The molecule has 0 fully saturated rings. The SMILES string of the molecule is CNS(=O)(=O)Nc1ccc(C(=O)O)c(OC)c1. The number of carboxylic acids is 1. The van der Waals surface area contributed by atoms with Crippen molar-refractivity contribution in [2.24, 2.45) is 0 Å². The molecule has 8 heteroatoms. The van der Waals surface area contributed by atoms with Gasteiger partial charge in [-0.2, -0.15) is 8.42 Å². The van der Waals surface area contributed by atoms with Crippen LogP contribution in [0.15, 0.2) is 18.2 Å².